The number of aryl methyl sites for hydroxylation is 1. The molecule has 0 saturated carbocycles. The maximum absolute atomic E-state index is 13.0. The van der Waals surface area contributed by atoms with E-state index in [9.17, 15) is 9.59 Å². The van der Waals surface area contributed by atoms with Crippen molar-refractivity contribution in [3.05, 3.63) is 40.4 Å². The van der Waals surface area contributed by atoms with Crippen LogP contribution in [0.2, 0.25) is 0 Å². The van der Waals surface area contributed by atoms with Crippen LogP contribution >= 0.6 is 11.8 Å². The normalized spacial score (nSPS) is 16.5. The monoisotopic (exact) mass is 400 g/mol. The van der Waals surface area contributed by atoms with Gasteiger partial charge in [-0.1, -0.05) is 11.8 Å². The van der Waals surface area contributed by atoms with Crippen LogP contribution in [0.15, 0.2) is 34.3 Å². The van der Waals surface area contributed by atoms with Crippen molar-refractivity contribution in [1.82, 2.24) is 24.7 Å². The third kappa shape index (κ3) is 4.07. The van der Waals surface area contributed by atoms with Crippen LogP contribution in [-0.4, -0.2) is 49.1 Å². The van der Waals surface area contributed by atoms with E-state index in [0.717, 1.165) is 18.5 Å². The largest absolute Gasteiger partial charge is 0.376 e. The Kier molecular flexibility index (Phi) is 5.40. The summed E-state index contributed by atoms with van der Waals surface area (Å²) in [7, 11) is 0. The summed E-state index contributed by atoms with van der Waals surface area (Å²) in [5.41, 5.74) is 1.07. The summed E-state index contributed by atoms with van der Waals surface area (Å²) in [6.07, 6.45) is 3.46. The van der Waals surface area contributed by atoms with Crippen LogP contribution in [-0.2, 0) is 16.1 Å². The Morgan fingerprint density at radius 3 is 3.14 bits per heavy atom. The Bertz CT molecular complexity index is 1060. The molecule has 0 aliphatic carbocycles. The smallest absolute Gasteiger partial charge is 0.263 e. The minimum Gasteiger partial charge on any atom is -0.376 e. The molecule has 1 aliphatic rings. The summed E-state index contributed by atoms with van der Waals surface area (Å²) in [5.74, 6) is 0.339. The summed E-state index contributed by atoms with van der Waals surface area (Å²) in [6.45, 7) is 2.97. The first-order chi connectivity index (χ1) is 13.6. The van der Waals surface area contributed by atoms with Gasteiger partial charge in [0.1, 0.15) is 0 Å². The van der Waals surface area contributed by atoms with E-state index < -0.39 is 0 Å². The summed E-state index contributed by atoms with van der Waals surface area (Å²) >= 11 is 1.20. The van der Waals surface area contributed by atoms with Crippen LogP contribution < -0.4 is 10.9 Å². The number of nitrogens with one attached hydrogen (secondary N) is 2. The summed E-state index contributed by atoms with van der Waals surface area (Å²) < 4.78 is 7.28. The molecule has 2 N–H and O–H groups in total. The van der Waals surface area contributed by atoms with Gasteiger partial charge in [0.25, 0.3) is 5.56 Å². The number of pyridine rings is 1. The summed E-state index contributed by atoms with van der Waals surface area (Å²) in [4.78, 5) is 33.9. The second-order valence-electron chi connectivity index (χ2n) is 6.59. The maximum atomic E-state index is 13.0. The van der Waals surface area contributed by atoms with Gasteiger partial charge in [0.2, 0.25) is 5.91 Å². The van der Waals surface area contributed by atoms with E-state index in [1.165, 1.54) is 11.8 Å². The maximum Gasteiger partial charge on any atom is 0.263 e. The fourth-order valence-electron chi connectivity index (χ4n) is 3.09. The summed E-state index contributed by atoms with van der Waals surface area (Å²) in [5, 5.41) is 10.4. The number of amides is 1. The number of fused-ring (bicyclic) bond motifs is 1. The van der Waals surface area contributed by atoms with Crippen LogP contribution in [0.25, 0.3) is 11.0 Å². The Morgan fingerprint density at radius 1 is 1.50 bits per heavy atom. The topological polar surface area (TPSA) is 115 Å². The molecule has 1 fully saturated rings. The van der Waals surface area contributed by atoms with Crippen molar-refractivity contribution < 1.29 is 9.53 Å². The number of aromatic nitrogens is 5. The third-order valence-electron chi connectivity index (χ3n) is 4.41. The Balaban J connectivity index is 1.57. The zero-order valence-corrected chi connectivity index (χ0v) is 16.2. The fourth-order valence-corrected chi connectivity index (χ4v) is 3.89. The average Bonchev–Trinajstić information content (AvgIpc) is 3.34. The van der Waals surface area contributed by atoms with Crippen LogP contribution in [0.1, 0.15) is 18.5 Å². The number of H-pyrrole nitrogens is 1. The number of ether oxygens (including phenoxy) is 1. The van der Waals surface area contributed by atoms with E-state index >= 15 is 0 Å². The van der Waals surface area contributed by atoms with Crippen molar-refractivity contribution in [1.29, 1.82) is 0 Å². The number of nitrogens with zero attached hydrogens (tertiary/aromatic N) is 4. The van der Waals surface area contributed by atoms with Crippen molar-refractivity contribution in [3.8, 4) is 0 Å². The number of aromatic amines is 1. The highest BCUT2D eigenvalue weighted by Crippen LogP contribution is 2.20. The molecule has 1 amide bonds. The highest BCUT2D eigenvalue weighted by atomic mass is 32.2. The molecule has 28 heavy (non-hydrogen) atoms. The molecule has 1 saturated heterocycles. The minimum absolute atomic E-state index is 0.0196. The number of carbonyl (C=O) groups excluding carboxylic acids is 1. The first-order valence-electron chi connectivity index (χ1n) is 9.02. The molecule has 3 aromatic heterocycles. The highest BCUT2D eigenvalue weighted by molar-refractivity contribution is 7.99. The molecular weight excluding hydrogens is 380 g/mol. The minimum atomic E-state index is -0.226. The number of carbonyl (C=O) groups is 1. The lowest BCUT2D eigenvalue weighted by atomic mass is 10.2. The molecule has 3 aromatic rings. The zero-order chi connectivity index (χ0) is 19.5. The first kappa shape index (κ1) is 18.6. The number of anilines is 1. The van der Waals surface area contributed by atoms with Gasteiger partial charge in [0.05, 0.1) is 23.8 Å². The Labute approximate surface area is 164 Å². The predicted molar refractivity (Wildman–Crippen MR) is 105 cm³/mol. The van der Waals surface area contributed by atoms with Crippen LogP contribution in [0.3, 0.4) is 0 Å². The SMILES string of the molecule is Cc1cc(NC(=O)CSc2nc3ncccc3c(=O)n2C[C@H]2CCCO2)n[nH]1. The van der Waals surface area contributed by atoms with E-state index in [-0.39, 0.29) is 23.3 Å². The lowest BCUT2D eigenvalue weighted by Gasteiger charge is -2.16. The van der Waals surface area contributed by atoms with Gasteiger partial charge in [-0.2, -0.15) is 5.10 Å². The second-order valence-corrected chi connectivity index (χ2v) is 7.54. The molecule has 4 heterocycles. The van der Waals surface area contributed by atoms with E-state index in [0.29, 0.717) is 35.2 Å². The molecule has 146 valence electrons. The molecule has 1 aliphatic heterocycles. The van der Waals surface area contributed by atoms with Crippen molar-refractivity contribution >= 4 is 34.5 Å². The molecule has 0 bridgehead atoms. The van der Waals surface area contributed by atoms with Gasteiger partial charge in [-0.25, -0.2) is 9.97 Å². The van der Waals surface area contributed by atoms with Crippen LogP contribution in [0.5, 0.6) is 0 Å². The lowest BCUT2D eigenvalue weighted by molar-refractivity contribution is -0.113. The number of rotatable bonds is 6. The Morgan fingerprint density at radius 2 is 2.39 bits per heavy atom. The van der Waals surface area contributed by atoms with Crippen molar-refractivity contribution in [2.75, 3.05) is 17.7 Å². The fraction of sp³-hybridized carbons (Fsp3) is 0.389. The van der Waals surface area contributed by atoms with Crippen molar-refractivity contribution in [2.45, 2.75) is 37.6 Å². The number of hydrogen-bond acceptors (Lipinski definition) is 7. The third-order valence-corrected chi connectivity index (χ3v) is 5.39. The average molecular weight is 400 g/mol. The van der Waals surface area contributed by atoms with Crippen molar-refractivity contribution in [2.24, 2.45) is 0 Å². The summed E-state index contributed by atoms with van der Waals surface area (Å²) in [6, 6.07) is 5.17. The van der Waals surface area contributed by atoms with Gasteiger partial charge in [-0.05, 0) is 31.9 Å². The van der Waals surface area contributed by atoms with Crippen molar-refractivity contribution in [3.63, 3.8) is 0 Å². The molecule has 0 radical (unpaired) electrons. The number of hydrogen-bond donors (Lipinski definition) is 2. The van der Waals surface area contributed by atoms with Crippen LogP contribution in [0, 0.1) is 6.92 Å². The molecule has 4 rings (SSSR count). The lowest BCUT2D eigenvalue weighted by Crippen LogP contribution is -2.29. The second kappa shape index (κ2) is 8.11. The molecule has 1 atom stereocenters. The molecule has 10 heteroatoms. The standard InChI is InChI=1S/C18H20N6O3S/c1-11-8-14(23-22-11)20-15(25)10-28-18-21-16-13(5-2-6-19-16)17(26)24(18)9-12-4-3-7-27-12/h2,5-6,8,12H,3-4,7,9-10H2,1H3,(H2,20,22,23,25)/t12-/m1/s1. The van der Waals surface area contributed by atoms with Gasteiger partial charge in [0.15, 0.2) is 16.6 Å². The van der Waals surface area contributed by atoms with E-state index in [1.54, 1.807) is 29.0 Å². The van der Waals surface area contributed by atoms with E-state index in [1.807, 2.05) is 6.92 Å². The van der Waals surface area contributed by atoms with Gasteiger partial charge < -0.3 is 10.1 Å². The van der Waals surface area contributed by atoms with Gasteiger partial charge in [0, 0.05) is 24.6 Å². The molecular formula is C18H20N6O3S. The predicted octanol–water partition coefficient (Wildman–Crippen LogP) is 1.73. The zero-order valence-electron chi connectivity index (χ0n) is 15.3. The van der Waals surface area contributed by atoms with Gasteiger partial charge >= 0.3 is 0 Å². The van der Waals surface area contributed by atoms with Crippen LogP contribution in [0.4, 0.5) is 5.82 Å². The number of thioether (sulfide) groups is 1. The molecule has 0 spiro atoms. The van der Waals surface area contributed by atoms with E-state index in [2.05, 4.69) is 25.5 Å². The highest BCUT2D eigenvalue weighted by Gasteiger charge is 2.21. The van der Waals surface area contributed by atoms with E-state index in [4.69, 9.17) is 4.74 Å². The Hall–Kier alpha value is -2.72. The first-order valence-corrected chi connectivity index (χ1v) is 10.0. The van der Waals surface area contributed by atoms with Gasteiger partial charge in [-0.3, -0.25) is 19.3 Å². The quantitative estimate of drug-likeness (QED) is 0.478. The molecule has 0 aromatic carbocycles. The van der Waals surface area contributed by atoms with Gasteiger partial charge in [-0.15, -0.1) is 0 Å². The molecule has 9 nitrogen and oxygen atoms in total. The molecule has 0 unspecified atom stereocenters.